The van der Waals surface area contributed by atoms with E-state index in [0.29, 0.717) is 19.5 Å². The Balaban J connectivity index is 1.73. The van der Waals surface area contributed by atoms with Gasteiger partial charge in [-0.1, -0.05) is 37.3 Å². The second-order valence-electron chi connectivity index (χ2n) is 4.46. The number of rotatable bonds is 4. The fraction of sp³-hybridized carbons (Fsp3) is 0.429. The van der Waals surface area contributed by atoms with Crippen LogP contribution < -0.4 is 0 Å². The Bertz CT molecular complexity index is 424. The summed E-state index contributed by atoms with van der Waals surface area (Å²) in [7, 11) is 0. The lowest BCUT2D eigenvalue weighted by Gasteiger charge is -2.37. The summed E-state index contributed by atoms with van der Waals surface area (Å²) in [5.74, 6) is 0.237. The van der Waals surface area contributed by atoms with Crippen LogP contribution in [-0.4, -0.2) is 29.9 Å². The molecule has 18 heavy (non-hydrogen) atoms. The molecule has 0 N–H and O–H groups in total. The number of ketones is 1. The van der Waals surface area contributed by atoms with Crippen LogP contribution in [0.1, 0.15) is 18.9 Å². The standard InChI is InChI=1S/C14H17NO3/c1-2-13(16)12-8-15(9-12)14(17)18-10-11-6-4-3-5-7-11/h3-7,12H,2,8-10H2,1H3. The number of Topliss-reactive ketones (excluding diaryl/α,β-unsaturated/α-hetero) is 1. The van der Waals surface area contributed by atoms with Crippen molar-refractivity contribution < 1.29 is 14.3 Å². The maximum atomic E-state index is 11.6. The highest BCUT2D eigenvalue weighted by atomic mass is 16.6. The number of benzene rings is 1. The summed E-state index contributed by atoms with van der Waals surface area (Å²) in [6, 6.07) is 9.55. The first-order valence-corrected chi connectivity index (χ1v) is 6.19. The highest BCUT2D eigenvalue weighted by Gasteiger charge is 2.35. The second-order valence-corrected chi connectivity index (χ2v) is 4.46. The maximum Gasteiger partial charge on any atom is 0.410 e. The molecule has 1 fully saturated rings. The Hall–Kier alpha value is -1.84. The lowest BCUT2D eigenvalue weighted by molar-refractivity contribution is -0.126. The van der Waals surface area contributed by atoms with Gasteiger partial charge in [0.2, 0.25) is 0 Å². The van der Waals surface area contributed by atoms with Crippen LogP contribution in [0.25, 0.3) is 0 Å². The Morgan fingerprint density at radius 1 is 1.28 bits per heavy atom. The smallest absolute Gasteiger partial charge is 0.410 e. The molecule has 0 unspecified atom stereocenters. The molecule has 0 saturated carbocycles. The normalized spacial score (nSPS) is 15.1. The highest BCUT2D eigenvalue weighted by Crippen LogP contribution is 2.19. The van der Waals surface area contributed by atoms with E-state index in [9.17, 15) is 9.59 Å². The molecule has 0 spiro atoms. The van der Waals surface area contributed by atoms with E-state index < -0.39 is 0 Å². The average molecular weight is 247 g/mol. The van der Waals surface area contributed by atoms with Gasteiger partial charge in [0.25, 0.3) is 0 Å². The summed E-state index contributed by atoms with van der Waals surface area (Å²) < 4.78 is 5.17. The molecule has 96 valence electrons. The Morgan fingerprint density at radius 2 is 1.94 bits per heavy atom. The molecule has 0 aliphatic carbocycles. The number of ether oxygens (including phenoxy) is 1. The molecule has 1 heterocycles. The Labute approximate surface area is 107 Å². The van der Waals surface area contributed by atoms with Gasteiger partial charge in [-0.05, 0) is 5.56 Å². The number of likely N-dealkylation sites (tertiary alicyclic amines) is 1. The van der Waals surface area contributed by atoms with Gasteiger partial charge in [0, 0.05) is 19.5 Å². The summed E-state index contributed by atoms with van der Waals surface area (Å²) in [5.41, 5.74) is 0.965. The number of hydrogen-bond donors (Lipinski definition) is 0. The third-order valence-electron chi connectivity index (χ3n) is 3.15. The van der Waals surface area contributed by atoms with Gasteiger partial charge in [0.15, 0.2) is 0 Å². The largest absolute Gasteiger partial charge is 0.445 e. The third-order valence-corrected chi connectivity index (χ3v) is 3.15. The molecule has 1 amide bonds. The van der Waals surface area contributed by atoms with E-state index in [0.717, 1.165) is 5.56 Å². The van der Waals surface area contributed by atoms with Crippen molar-refractivity contribution in [2.45, 2.75) is 20.0 Å². The van der Waals surface area contributed by atoms with E-state index in [1.807, 2.05) is 37.3 Å². The van der Waals surface area contributed by atoms with Gasteiger partial charge < -0.3 is 9.64 Å². The van der Waals surface area contributed by atoms with E-state index in [4.69, 9.17) is 4.74 Å². The van der Waals surface area contributed by atoms with Gasteiger partial charge in [-0.2, -0.15) is 0 Å². The van der Waals surface area contributed by atoms with E-state index in [2.05, 4.69) is 0 Å². The van der Waals surface area contributed by atoms with Crippen molar-refractivity contribution in [1.29, 1.82) is 0 Å². The van der Waals surface area contributed by atoms with Crippen LogP contribution in [0, 0.1) is 5.92 Å². The first-order valence-electron chi connectivity index (χ1n) is 6.19. The van der Waals surface area contributed by atoms with Crippen LogP contribution in [0.4, 0.5) is 4.79 Å². The highest BCUT2D eigenvalue weighted by molar-refractivity contribution is 5.84. The van der Waals surface area contributed by atoms with E-state index in [-0.39, 0.29) is 24.4 Å². The number of carbonyl (C=O) groups excluding carboxylic acids is 2. The van der Waals surface area contributed by atoms with Gasteiger partial charge in [0.1, 0.15) is 12.4 Å². The van der Waals surface area contributed by atoms with Gasteiger partial charge in [-0.3, -0.25) is 4.79 Å². The van der Waals surface area contributed by atoms with Gasteiger partial charge in [-0.15, -0.1) is 0 Å². The van der Waals surface area contributed by atoms with Crippen molar-refractivity contribution in [3.05, 3.63) is 35.9 Å². The Morgan fingerprint density at radius 3 is 2.56 bits per heavy atom. The number of carbonyl (C=O) groups is 2. The molecule has 0 aromatic heterocycles. The van der Waals surface area contributed by atoms with Crippen molar-refractivity contribution in [2.24, 2.45) is 5.92 Å². The maximum absolute atomic E-state index is 11.6. The van der Waals surface area contributed by atoms with Gasteiger partial charge >= 0.3 is 6.09 Å². The minimum Gasteiger partial charge on any atom is -0.445 e. The zero-order chi connectivity index (χ0) is 13.0. The monoisotopic (exact) mass is 247 g/mol. The fourth-order valence-corrected chi connectivity index (χ4v) is 1.93. The van der Waals surface area contributed by atoms with E-state index in [1.54, 1.807) is 4.90 Å². The molecular formula is C14H17NO3. The van der Waals surface area contributed by atoms with E-state index >= 15 is 0 Å². The van der Waals surface area contributed by atoms with Crippen LogP contribution >= 0.6 is 0 Å². The molecule has 1 aliphatic heterocycles. The quantitative estimate of drug-likeness (QED) is 0.819. The summed E-state index contributed by atoms with van der Waals surface area (Å²) in [4.78, 5) is 24.6. The lowest BCUT2D eigenvalue weighted by atomic mass is 9.94. The fourth-order valence-electron chi connectivity index (χ4n) is 1.93. The van der Waals surface area contributed by atoms with Gasteiger partial charge in [0.05, 0.1) is 5.92 Å². The van der Waals surface area contributed by atoms with Crippen molar-refractivity contribution in [3.8, 4) is 0 Å². The second kappa shape index (κ2) is 5.67. The predicted octanol–water partition coefficient (Wildman–Crippen LogP) is 2.23. The van der Waals surface area contributed by atoms with Crippen LogP contribution in [0.2, 0.25) is 0 Å². The van der Waals surface area contributed by atoms with Crippen LogP contribution in [-0.2, 0) is 16.1 Å². The molecule has 0 bridgehead atoms. The lowest BCUT2D eigenvalue weighted by Crippen LogP contribution is -2.53. The minimum absolute atomic E-state index is 0.0132. The molecule has 0 atom stereocenters. The van der Waals surface area contributed by atoms with Crippen LogP contribution in [0.3, 0.4) is 0 Å². The topological polar surface area (TPSA) is 46.6 Å². The number of amides is 1. The predicted molar refractivity (Wildman–Crippen MR) is 67.0 cm³/mol. The molecule has 0 radical (unpaired) electrons. The summed E-state index contributed by atoms with van der Waals surface area (Å²) in [6.07, 6.45) is 0.205. The zero-order valence-electron chi connectivity index (χ0n) is 10.5. The molecule has 1 saturated heterocycles. The SMILES string of the molecule is CCC(=O)C1CN(C(=O)OCc2ccccc2)C1. The molecule has 1 aliphatic rings. The van der Waals surface area contributed by atoms with E-state index in [1.165, 1.54) is 0 Å². The third kappa shape index (κ3) is 2.88. The van der Waals surface area contributed by atoms with Gasteiger partial charge in [-0.25, -0.2) is 4.79 Å². The Kier molecular flexibility index (Phi) is 3.97. The summed E-state index contributed by atoms with van der Waals surface area (Å²) in [5, 5.41) is 0. The zero-order valence-corrected chi connectivity index (χ0v) is 10.5. The molecule has 4 heteroatoms. The first-order chi connectivity index (χ1) is 8.70. The van der Waals surface area contributed by atoms with Crippen molar-refractivity contribution in [3.63, 3.8) is 0 Å². The number of hydrogen-bond acceptors (Lipinski definition) is 3. The van der Waals surface area contributed by atoms with Crippen LogP contribution in [0.15, 0.2) is 30.3 Å². The number of nitrogens with zero attached hydrogens (tertiary/aromatic N) is 1. The minimum atomic E-state index is -0.334. The van der Waals surface area contributed by atoms with Crippen molar-refractivity contribution in [2.75, 3.05) is 13.1 Å². The van der Waals surface area contributed by atoms with Crippen molar-refractivity contribution >= 4 is 11.9 Å². The van der Waals surface area contributed by atoms with Crippen LogP contribution in [0.5, 0.6) is 0 Å². The summed E-state index contributed by atoms with van der Waals surface area (Å²) >= 11 is 0. The molecule has 2 rings (SSSR count). The van der Waals surface area contributed by atoms with Crippen molar-refractivity contribution in [1.82, 2.24) is 4.90 Å². The first kappa shape index (κ1) is 12.6. The molecule has 1 aromatic carbocycles. The molecular weight excluding hydrogens is 230 g/mol. The average Bonchev–Trinajstić information content (AvgIpc) is 2.35. The molecule has 4 nitrogen and oxygen atoms in total. The summed E-state index contributed by atoms with van der Waals surface area (Å²) in [6.45, 7) is 3.13. The molecule has 1 aromatic rings.